The van der Waals surface area contributed by atoms with E-state index < -0.39 is 17.5 Å². The zero-order chi connectivity index (χ0) is 13.3. The fourth-order valence-corrected chi connectivity index (χ4v) is 1.75. The molecule has 7 nitrogen and oxygen atoms in total. The first kappa shape index (κ1) is 12.2. The predicted octanol–water partition coefficient (Wildman–Crippen LogP) is 0.290. The second-order valence-corrected chi connectivity index (χ2v) is 3.81. The molecule has 0 atom stereocenters. The molecule has 0 aliphatic carbocycles. The van der Waals surface area contributed by atoms with E-state index in [0.717, 1.165) is 11.0 Å². The summed E-state index contributed by atoms with van der Waals surface area (Å²) in [5.74, 6) is -1.09. The fourth-order valence-electron chi connectivity index (χ4n) is 1.75. The van der Waals surface area contributed by atoms with Crippen molar-refractivity contribution in [1.29, 1.82) is 0 Å². The molecule has 1 amide bonds. The van der Waals surface area contributed by atoms with Crippen LogP contribution in [-0.2, 0) is 4.79 Å². The van der Waals surface area contributed by atoms with Crippen LogP contribution in [-0.4, -0.2) is 40.8 Å². The Morgan fingerprint density at radius 1 is 1.50 bits per heavy atom. The van der Waals surface area contributed by atoms with E-state index >= 15 is 0 Å². The molecule has 0 spiro atoms. The van der Waals surface area contributed by atoms with Crippen molar-refractivity contribution in [1.82, 2.24) is 4.90 Å². The molecule has 1 fully saturated rings. The van der Waals surface area contributed by atoms with Crippen LogP contribution in [0.4, 0.5) is 15.8 Å². The van der Waals surface area contributed by atoms with Gasteiger partial charge in [0, 0.05) is 6.07 Å². The van der Waals surface area contributed by atoms with Crippen molar-refractivity contribution in [3.8, 4) is 0 Å². The quantitative estimate of drug-likeness (QED) is 0.619. The maximum absolute atomic E-state index is 13.7. The first-order chi connectivity index (χ1) is 8.52. The van der Waals surface area contributed by atoms with Crippen LogP contribution in [0.25, 0.3) is 0 Å². The van der Waals surface area contributed by atoms with Gasteiger partial charge >= 0.3 is 0 Å². The second-order valence-electron chi connectivity index (χ2n) is 3.81. The Hall–Kier alpha value is -2.22. The zero-order valence-electron chi connectivity index (χ0n) is 9.24. The van der Waals surface area contributed by atoms with Gasteiger partial charge in [-0.3, -0.25) is 14.9 Å². The summed E-state index contributed by atoms with van der Waals surface area (Å²) in [4.78, 5) is 23.7. The van der Waals surface area contributed by atoms with Gasteiger partial charge < -0.3 is 14.9 Å². The molecule has 96 valence electrons. The molecule has 18 heavy (non-hydrogen) atoms. The molecule has 1 N–H and O–H groups in total. The van der Waals surface area contributed by atoms with Gasteiger partial charge in [-0.2, -0.15) is 0 Å². The summed E-state index contributed by atoms with van der Waals surface area (Å²) >= 11 is 0. The van der Waals surface area contributed by atoms with Crippen molar-refractivity contribution < 1.29 is 19.2 Å². The Kier molecular flexibility index (Phi) is 3.11. The molecule has 8 heteroatoms. The highest BCUT2D eigenvalue weighted by atomic mass is 19.1. The largest absolute Gasteiger partial charge is 0.376 e. The zero-order valence-corrected chi connectivity index (χ0v) is 9.24. The fraction of sp³-hybridized carbons (Fsp3) is 0.300. The van der Waals surface area contributed by atoms with Crippen LogP contribution < -0.4 is 4.90 Å². The third-order valence-corrected chi connectivity index (χ3v) is 2.67. The van der Waals surface area contributed by atoms with Crippen molar-refractivity contribution >= 4 is 17.3 Å². The number of rotatable bonds is 3. The maximum atomic E-state index is 13.7. The summed E-state index contributed by atoms with van der Waals surface area (Å²) < 4.78 is 13.7. The third-order valence-electron chi connectivity index (χ3n) is 2.67. The maximum Gasteiger partial charge on any atom is 0.272 e. The first-order valence-corrected chi connectivity index (χ1v) is 5.10. The lowest BCUT2D eigenvalue weighted by Crippen LogP contribution is -2.28. The van der Waals surface area contributed by atoms with E-state index in [1.54, 1.807) is 0 Å². The van der Waals surface area contributed by atoms with Gasteiger partial charge in [0.05, 0.1) is 29.9 Å². The topological polar surface area (TPSA) is 86.9 Å². The van der Waals surface area contributed by atoms with Gasteiger partial charge in [0.15, 0.2) is 5.82 Å². The molecule has 1 saturated heterocycles. The van der Waals surface area contributed by atoms with Gasteiger partial charge in [0.25, 0.3) is 5.69 Å². The molecule has 1 aliphatic rings. The van der Waals surface area contributed by atoms with Crippen LogP contribution >= 0.6 is 0 Å². The number of halogens is 1. The van der Waals surface area contributed by atoms with Crippen LogP contribution in [0.5, 0.6) is 0 Å². The standard InChI is InChI=1S/C10H10FN3O4/c11-8-3-7(14(17)18)1-2-9(8)12-4-10(16)13(5-12)6-15/h1-3,15H,4-6H2. The molecule has 0 unspecified atom stereocenters. The highest BCUT2D eigenvalue weighted by Gasteiger charge is 2.28. The van der Waals surface area contributed by atoms with E-state index in [0.29, 0.717) is 0 Å². The summed E-state index contributed by atoms with van der Waals surface area (Å²) in [6.07, 6.45) is 0. The summed E-state index contributed by atoms with van der Waals surface area (Å²) in [6.45, 7) is -0.441. The van der Waals surface area contributed by atoms with E-state index in [2.05, 4.69) is 0 Å². The van der Waals surface area contributed by atoms with Crippen molar-refractivity contribution in [2.75, 3.05) is 24.8 Å². The number of carbonyl (C=O) groups is 1. The normalized spacial score (nSPS) is 15.3. The van der Waals surface area contributed by atoms with Gasteiger partial charge in [-0.05, 0) is 6.07 Å². The Morgan fingerprint density at radius 2 is 2.22 bits per heavy atom. The molecule has 2 rings (SSSR count). The summed E-state index contributed by atoms with van der Waals surface area (Å²) in [5.41, 5.74) is -0.245. The number of nitro benzene ring substituents is 1. The lowest BCUT2D eigenvalue weighted by Gasteiger charge is -2.18. The lowest BCUT2D eigenvalue weighted by molar-refractivity contribution is -0.385. The SMILES string of the molecule is O=C1CN(c2ccc([N+](=O)[O-])cc2F)CN1CO. The Morgan fingerprint density at radius 3 is 2.72 bits per heavy atom. The molecule has 1 aliphatic heterocycles. The molecular weight excluding hydrogens is 245 g/mol. The van der Waals surface area contributed by atoms with E-state index in [-0.39, 0.29) is 30.5 Å². The van der Waals surface area contributed by atoms with E-state index in [9.17, 15) is 19.3 Å². The van der Waals surface area contributed by atoms with Crippen LogP contribution in [0, 0.1) is 15.9 Å². The number of hydrogen-bond donors (Lipinski definition) is 1. The van der Waals surface area contributed by atoms with Gasteiger partial charge in [-0.25, -0.2) is 4.39 Å². The van der Waals surface area contributed by atoms with Crippen LogP contribution in [0.3, 0.4) is 0 Å². The minimum atomic E-state index is -0.767. The number of nitrogens with zero attached hydrogens (tertiary/aromatic N) is 3. The number of aliphatic hydroxyl groups is 1. The Bertz CT molecular complexity index is 508. The van der Waals surface area contributed by atoms with Gasteiger partial charge in [0.2, 0.25) is 5.91 Å². The highest BCUT2D eigenvalue weighted by molar-refractivity contribution is 5.84. The minimum absolute atomic E-state index is 0.0596. The number of amides is 1. The summed E-state index contributed by atoms with van der Waals surface area (Å²) in [6, 6.07) is 3.23. The average Bonchev–Trinajstić information content (AvgIpc) is 2.70. The van der Waals surface area contributed by atoms with Crippen molar-refractivity contribution in [3.05, 3.63) is 34.1 Å². The monoisotopic (exact) mass is 255 g/mol. The third kappa shape index (κ3) is 2.09. The Labute approximate surface area is 101 Å². The molecule has 1 aromatic rings. The first-order valence-electron chi connectivity index (χ1n) is 5.10. The number of hydrogen-bond acceptors (Lipinski definition) is 5. The summed E-state index contributed by atoms with van der Waals surface area (Å²) in [7, 11) is 0. The molecule has 0 aromatic heterocycles. The smallest absolute Gasteiger partial charge is 0.272 e. The van der Waals surface area contributed by atoms with E-state index in [4.69, 9.17) is 5.11 Å². The molecule has 0 bridgehead atoms. The second kappa shape index (κ2) is 4.57. The van der Waals surface area contributed by atoms with E-state index in [1.165, 1.54) is 17.0 Å². The molecule has 1 aromatic carbocycles. The van der Waals surface area contributed by atoms with Crippen molar-refractivity contribution in [2.45, 2.75) is 0 Å². The number of nitro groups is 1. The molecule has 0 saturated carbocycles. The average molecular weight is 255 g/mol. The predicted molar refractivity (Wildman–Crippen MR) is 59.2 cm³/mol. The van der Waals surface area contributed by atoms with E-state index in [1.807, 2.05) is 0 Å². The summed E-state index contributed by atoms with van der Waals surface area (Å²) in [5, 5.41) is 19.3. The number of anilines is 1. The number of carbonyl (C=O) groups excluding carboxylic acids is 1. The number of non-ortho nitro benzene ring substituents is 1. The van der Waals surface area contributed by atoms with Crippen LogP contribution in [0.2, 0.25) is 0 Å². The number of benzene rings is 1. The van der Waals surface area contributed by atoms with Crippen molar-refractivity contribution in [2.24, 2.45) is 0 Å². The van der Waals surface area contributed by atoms with Crippen molar-refractivity contribution in [3.63, 3.8) is 0 Å². The highest BCUT2D eigenvalue weighted by Crippen LogP contribution is 2.26. The van der Waals surface area contributed by atoms with Gasteiger partial charge in [-0.1, -0.05) is 0 Å². The van der Waals surface area contributed by atoms with Crippen LogP contribution in [0.1, 0.15) is 0 Å². The van der Waals surface area contributed by atoms with Crippen LogP contribution in [0.15, 0.2) is 18.2 Å². The Balaban J connectivity index is 2.25. The molecule has 1 heterocycles. The molecular formula is C10H10FN3O4. The molecule has 0 radical (unpaired) electrons. The lowest BCUT2D eigenvalue weighted by atomic mass is 10.2. The number of aliphatic hydroxyl groups excluding tert-OH is 1. The minimum Gasteiger partial charge on any atom is -0.376 e. The van der Waals surface area contributed by atoms with Gasteiger partial charge in [0.1, 0.15) is 6.73 Å². The van der Waals surface area contributed by atoms with Gasteiger partial charge in [-0.15, -0.1) is 0 Å².